The first-order valence-electron chi connectivity index (χ1n) is 6.33. The summed E-state index contributed by atoms with van der Waals surface area (Å²) in [5.74, 6) is -0.553. The molecule has 0 aliphatic carbocycles. The fourth-order valence-electron chi connectivity index (χ4n) is 2.73. The topological polar surface area (TPSA) is 77.2 Å². The fourth-order valence-corrected chi connectivity index (χ4v) is 2.73. The minimum atomic E-state index is -0.780. The van der Waals surface area contributed by atoms with Crippen molar-refractivity contribution in [3.05, 3.63) is 22.9 Å². The molecule has 1 aliphatic heterocycles. The second kappa shape index (κ2) is 4.88. The highest BCUT2D eigenvalue weighted by atomic mass is 16.4. The largest absolute Gasteiger partial charge is 0.481 e. The molecule has 19 heavy (non-hydrogen) atoms. The number of rotatable bonds is 2. The molecule has 0 aromatic carbocycles. The van der Waals surface area contributed by atoms with Crippen LogP contribution >= 0.6 is 0 Å². The molecule has 5 heteroatoms. The van der Waals surface area contributed by atoms with Gasteiger partial charge in [-0.1, -0.05) is 0 Å². The first kappa shape index (κ1) is 13.3. The van der Waals surface area contributed by atoms with Crippen molar-refractivity contribution in [1.82, 2.24) is 4.98 Å². The molecule has 0 bridgehead atoms. The number of aryl methyl sites for hydroxylation is 2. The molecule has 1 aliphatic rings. The smallest absolute Gasteiger partial charge is 0.308 e. The Balaban J connectivity index is 2.44. The van der Waals surface area contributed by atoms with E-state index in [1.807, 2.05) is 31.7 Å². The number of aliphatic carboxylic acids is 1. The van der Waals surface area contributed by atoms with Crippen molar-refractivity contribution in [2.75, 3.05) is 11.4 Å². The molecule has 2 heterocycles. The summed E-state index contributed by atoms with van der Waals surface area (Å²) in [7, 11) is 0. The molecule has 1 N–H and O–H groups in total. The van der Waals surface area contributed by atoms with Crippen LogP contribution in [0, 0.1) is 31.1 Å². The van der Waals surface area contributed by atoms with Crippen molar-refractivity contribution in [2.45, 2.75) is 33.2 Å². The zero-order valence-electron chi connectivity index (χ0n) is 11.3. The Hall–Kier alpha value is -2.09. The Morgan fingerprint density at radius 2 is 2.26 bits per heavy atom. The minimum absolute atomic E-state index is 0.140. The number of pyridine rings is 1. The molecule has 2 unspecified atom stereocenters. The van der Waals surface area contributed by atoms with E-state index >= 15 is 0 Å². The van der Waals surface area contributed by atoms with Gasteiger partial charge in [0.05, 0.1) is 11.5 Å². The maximum absolute atomic E-state index is 11.2. The highest BCUT2D eigenvalue weighted by Crippen LogP contribution is 2.32. The second-order valence-corrected chi connectivity index (χ2v) is 5.06. The van der Waals surface area contributed by atoms with Gasteiger partial charge >= 0.3 is 5.97 Å². The summed E-state index contributed by atoms with van der Waals surface area (Å²) < 4.78 is 0. The zero-order chi connectivity index (χ0) is 14.2. The lowest BCUT2D eigenvalue weighted by molar-refractivity contribution is -0.141. The monoisotopic (exact) mass is 259 g/mol. The van der Waals surface area contributed by atoms with Crippen LogP contribution in [-0.2, 0) is 4.79 Å². The van der Waals surface area contributed by atoms with Crippen LogP contribution in [0.1, 0.15) is 30.2 Å². The van der Waals surface area contributed by atoms with E-state index in [9.17, 15) is 15.2 Å². The third kappa shape index (κ3) is 2.26. The molecule has 1 saturated heterocycles. The first-order chi connectivity index (χ1) is 8.95. The normalized spacial score (nSPS) is 22.3. The van der Waals surface area contributed by atoms with Crippen molar-refractivity contribution in [3.8, 4) is 6.07 Å². The summed E-state index contributed by atoms with van der Waals surface area (Å²) in [5, 5.41) is 18.5. The maximum atomic E-state index is 11.2. The molecule has 0 spiro atoms. The van der Waals surface area contributed by atoms with Crippen LogP contribution in [-0.4, -0.2) is 28.6 Å². The molecular formula is C14H17N3O2. The molecule has 5 nitrogen and oxygen atoms in total. The van der Waals surface area contributed by atoms with E-state index in [0.717, 1.165) is 11.3 Å². The van der Waals surface area contributed by atoms with Gasteiger partial charge in [0.25, 0.3) is 0 Å². The molecule has 0 amide bonds. The highest BCUT2D eigenvalue weighted by Gasteiger charge is 2.37. The quantitative estimate of drug-likeness (QED) is 0.877. The van der Waals surface area contributed by atoms with Crippen molar-refractivity contribution in [3.63, 3.8) is 0 Å². The lowest BCUT2D eigenvalue weighted by Crippen LogP contribution is -2.34. The van der Waals surface area contributed by atoms with Crippen molar-refractivity contribution >= 4 is 11.8 Å². The summed E-state index contributed by atoms with van der Waals surface area (Å²) in [4.78, 5) is 17.5. The Morgan fingerprint density at radius 1 is 1.58 bits per heavy atom. The van der Waals surface area contributed by atoms with Crippen LogP contribution in [0.3, 0.4) is 0 Å². The van der Waals surface area contributed by atoms with Crippen LogP contribution in [0.25, 0.3) is 0 Å². The number of carboxylic acids is 1. The fraction of sp³-hybridized carbons (Fsp3) is 0.500. The van der Waals surface area contributed by atoms with Crippen LogP contribution in [0.15, 0.2) is 6.07 Å². The van der Waals surface area contributed by atoms with Gasteiger partial charge in [0.1, 0.15) is 11.9 Å². The van der Waals surface area contributed by atoms with E-state index in [1.165, 1.54) is 0 Å². The number of anilines is 1. The van der Waals surface area contributed by atoms with Gasteiger partial charge in [-0.25, -0.2) is 4.98 Å². The first-order valence-corrected chi connectivity index (χ1v) is 6.33. The average molecular weight is 259 g/mol. The second-order valence-electron chi connectivity index (χ2n) is 5.06. The van der Waals surface area contributed by atoms with E-state index in [4.69, 9.17) is 0 Å². The van der Waals surface area contributed by atoms with E-state index < -0.39 is 11.9 Å². The van der Waals surface area contributed by atoms with E-state index in [2.05, 4.69) is 11.1 Å². The lowest BCUT2D eigenvalue weighted by Gasteiger charge is -2.26. The van der Waals surface area contributed by atoms with Gasteiger partial charge in [-0.3, -0.25) is 4.79 Å². The Kier molecular flexibility index (Phi) is 3.43. The van der Waals surface area contributed by atoms with Crippen molar-refractivity contribution in [1.29, 1.82) is 5.26 Å². The summed E-state index contributed by atoms with van der Waals surface area (Å²) in [6, 6.07) is 3.91. The number of hydrogen-bond acceptors (Lipinski definition) is 4. The Morgan fingerprint density at radius 3 is 2.79 bits per heavy atom. The molecule has 100 valence electrons. The van der Waals surface area contributed by atoms with Gasteiger partial charge in [-0.05, 0) is 38.8 Å². The molecular weight excluding hydrogens is 242 g/mol. The molecule has 1 fully saturated rings. The number of carboxylic acid groups (broad SMARTS) is 1. The molecule has 0 saturated carbocycles. The van der Waals surface area contributed by atoms with Crippen molar-refractivity contribution < 1.29 is 9.90 Å². The van der Waals surface area contributed by atoms with Crippen molar-refractivity contribution in [2.24, 2.45) is 5.92 Å². The van der Waals surface area contributed by atoms with Gasteiger partial charge in [-0.15, -0.1) is 0 Å². The molecule has 1 aromatic heterocycles. The average Bonchev–Trinajstić information content (AvgIpc) is 2.70. The highest BCUT2D eigenvalue weighted by molar-refractivity contribution is 5.73. The Labute approximate surface area is 112 Å². The third-order valence-electron chi connectivity index (χ3n) is 3.78. The summed E-state index contributed by atoms with van der Waals surface area (Å²) in [6.45, 7) is 6.27. The maximum Gasteiger partial charge on any atom is 0.308 e. The lowest BCUT2D eigenvalue weighted by atomic mass is 10.0. The summed E-state index contributed by atoms with van der Waals surface area (Å²) in [5.41, 5.74) is 2.27. The standard InChI is InChI=1S/C14H17N3O2/c1-8-6-9(2)16-13(12(8)7-15)17-5-4-11(10(17)3)14(18)19/h6,10-11H,4-5H2,1-3H3,(H,18,19). The minimum Gasteiger partial charge on any atom is -0.481 e. The van der Waals surface area contributed by atoms with Crippen LogP contribution in [0.4, 0.5) is 5.82 Å². The molecule has 2 atom stereocenters. The molecule has 2 rings (SSSR count). The number of nitrogens with zero attached hydrogens (tertiary/aromatic N) is 3. The van der Waals surface area contributed by atoms with Gasteiger partial charge in [0.15, 0.2) is 0 Å². The van der Waals surface area contributed by atoms with E-state index in [-0.39, 0.29) is 6.04 Å². The van der Waals surface area contributed by atoms with Crippen LogP contribution in [0.2, 0.25) is 0 Å². The third-order valence-corrected chi connectivity index (χ3v) is 3.78. The van der Waals surface area contributed by atoms with Gasteiger partial charge in [0.2, 0.25) is 0 Å². The molecule has 1 aromatic rings. The number of carbonyl (C=O) groups is 1. The SMILES string of the molecule is Cc1cc(C)c(C#N)c(N2CCC(C(=O)O)C2C)n1. The summed E-state index contributed by atoms with van der Waals surface area (Å²) in [6.07, 6.45) is 0.593. The van der Waals surface area contributed by atoms with Gasteiger partial charge in [0, 0.05) is 18.3 Å². The van der Waals surface area contributed by atoms with E-state index in [0.29, 0.717) is 24.3 Å². The number of aromatic nitrogens is 1. The van der Waals surface area contributed by atoms with Crippen LogP contribution < -0.4 is 4.90 Å². The van der Waals surface area contributed by atoms with E-state index in [1.54, 1.807) is 0 Å². The van der Waals surface area contributed by atoms with Gasteiger partial charge < -0.3 is 10.0 Å². The zero-order valence-corrected chi connectivity index (χ0v) is 11.3. The Bertz CT molecular complexity index is 563. The predicted octanol–water partition coefficient (Wildman–Crippen LogP) is 1.87. The predicted molar refractivity (Wildman–Crippen MR) is 71.0 cm³/mol. The number of nitriles is 1. The molecule has 0 radical (unpaired) electrons. The van der Waals surface area contributed by atoms with Gasteiger partial charge in [-0.2, -0.15) is 5.26 Å². The summed E-state index contributed by atoms with van der Waals surface area (Å²) >= 11 is 0. The van der Waals surface area contributed by atoms with Crippen LogP contribution in [0.5, 0.6) is 0 Å². The number of hydrogen-bond donors (Lipinski definition) is 1.